The van der Waals surface area contributed by atoms with Gasteiger partial charge < -0.3 is 4.74 Å². The second-order valence-electron chi connectivity index (χ2n) is 5.33. The molecule has 0 radical (unpaired) electrons. The first-order valence-electron chi connectivity index (χ1n) is 6.76. The van der Waals surface area contributed by atoms with Crippen LogP contribution in [0.3, 0.4) is 0 Å². The number of nitrogens with zero attached hydrogens (tertiary/aromatic N) is 3. The Balaban J connectivity index is 2.13. The average Bonchev–Trinajstić information content (AvgIpc) is 2.65. The lowest BCUT2D eigenvalue weighted by molar-refractivity contribution is -0.228. The van der Waals surface area contributed by atoms with Crippen LogP contribution in [-0.2, 0) is 27.6 Å². The first-order valence-corrected chi connectivity index (χ1v) is 8.37. The van der Waals surface area contributed by atoms with E-state index < -0.39 is 34.8 Å². The predicted octanol–water partition coefficient (Wildman–Crippen LogP) is 1.29. The van der Waals surface area contributed by atoms with Crippen LogP contribution in [0.2, 0.25) is 0 Å². The molecule has 6 nitrogen and oxygen atoms in total. The van der Waals surface area contributed by atoms with Gasteiger partial charge in [0.1, 0.15) is 5.75 Å². The summed E-state index contributed by atoms with van der Waals surface area (Å²) < 4.78 is 70.5. The third-order valence-electron chi connectivity index (χ3n) is 3.51. The largest absolute Gasteiger partial charge is 0.414 e. The van der Waals surface area contributed by atoms with Crippen molar-refractivity contribution in [3.05, 3.63) is 18.0 Å². The molecule has 0 saturated carbocycles. The lowest BCUT2D eigenvalue weighted by atomic mass is 10.2. The van der Waals surface area contributed by atoms with Gasteiger partial charge in [-0.15, -0.1) is 0 Å². The van der Waals surface area contributed by atoms with Crippen LogP contribution in [0.5, 0.6) is 0 Å². The number of hydrogen-bond acceptors (Lipinski definition) is 4. The lowest BCUT2D eigenvalue weighted by Gasteiger charge is -2.21. The second-order valence-corrected chi connectivity index (χ2v) is 7.29. The van der Waals surface area contributed by atoms with Gasteiger partial charge in [-0.1, -0.05) is 0 Å². The van der Waals surface area contributed by atoms with E-state index in [9.17, 15) is 21.6 Å². The molecule has 2 unspecified atom stereocenters. The maximum Gasteiger partial charge on any atom is 0.414 e. The van der Waals surface area contributed by atoms with E-state index in [4.69, 9.17) is 4.74 Å². The van der Waals surface area contributed by atoms with Gasteiger partial charge in [0.15, 0.2) is 6.10 Å². The SMILES string of the molecule is CC1CN(S(=O)(=O)Cc2ccnn2C)CCC(C(F)(F)F)O1. The van der Waals surface area contributed by atoms with Gasteiger partial charge in [-0.2, -0.15) is 22.6 Å². The van der Waals surface area contributed by atoms with Crippen molar-refractivity contribution in [3.8, 4) is 0 Å². The predicted molar refractivity (Wildman–Crippen MR) is 72.4 cm³/mol. The Hall–Kier alpha value is -1.13. The maximum absolute atomic E-state index is 12.8. The molecule has 0 N–H and O–H groups in total. The molecule has 126 valence electrons. The standard InChI is InChI=1S/C12H18F3N3O3S/c1-9-7-18(6-4-11(21-9)12(13,14)15)22(19,20)8-10-3-5-16-17(10)2/h3,5,9,11H,4,6-8H2,1-2H3. The first kappa shape index (κ1) is 17.2. The highest BCUT2D eigenvalue weighted by molar-refractivity contribution is 7.88. The summed E-state index contributed by atoms with van der Waals surface area (Å²) in [5, 5.41) is 3.88. The van der Waals surface area contributed by atoms with Crippen LogP contribution in [0.15, 0.2) is 12.3 Å². The Morgan fingerprint density at radius 2 is 2.14 bits per heavy atom. The molecule has 0 amide bonds. The molecule has 10 heteroatoms. The Morgan fingerprint density at radius 1 is 1.45 bits per heavy atom. The summed E-state index contributed by atoms with van der Waals surface area (Å²) in [7, 11) is -2.12. The van der Waals surface area contributed by atoms with Crippen LogP contribution in [0.4, 0.5) is 13.2 Å². The number of aromatic nitrogens is 2. The zero-order valence-corrected chi connectivity index (χ0v) is 13.1. The van der Waals surface area contributed by atoms with Gasteiger partial charge in [0.25, 0.3) is 0 Å². The van der Waals surface area contributed by atoms with Crippen LogP contribution in [-0.4, -0.2) is 54.0 Å². The Labute approximate surface area is 126 Å². The summed E-state index contributed by atoms with van der Waals surface area (Å²) in [5.74, 6) is -0.299. The molecule has 2 rings (SSSR count). The van der Waals surface area contributed by atoms with Crippen molar-refractivity contribution in [3.63, 3.8) is 0 Å². The van der Waals surface area contributed by atoms with E-state index in [0.29, 0.717) is 5.69 Å². The van der Waals surface area contributed by atoms with Gasteiger partial charge in [0.2, 0.25) is 10.0 Å². The normalized spacial score (nSPS) is 25.1. The quantitative estimate of drug-likeness (QED) is 0.831. The fourth-order valence-corrected chi connectivity index (χ4v) is 4.01. The Bertz CT molecular complexity index is 615. The number of halogens is 3. The highest BCUT2D eigenvalue weighted by Crippen LogP contribution is 2.29. The van der Waals surface area contributed by atoms with Gasteiger partial charge in [-0.05, 0) is 19.4 Å². The smallest absolute Gasteiger partial charge is 0.364 e. The molecule has 1 aromatic rings. The molecule has 1 aliphatic rings. The molecule has 0 aromatic carbocycles. The average molecular weight is 341 g/mol. The molecule has 1 fully saturated rings. The van der Waals surface area contributed by atoms with Crippen molar-refractivity contribution >= 4 is 10.0 Å². The third kappa shape index (κ3) is 3.99. The van der Waals surface area contributed by atoms with Crippen LogP contribution in [0.25, 0.3) is 0 Å². The van der Waals surface area contributed by atoms with E-state index in [2.05, 4.69) is 5.10 Å². The van der Waals surface area contributed by atoms with Crippen molar-refractivity contribution in [1.29, 1.82) is 0 Å². The Morgan fingerprint density at radius 3 is 2.68 bits per heavy atom. The van der Waals surface area contributed by atoms with E-state index >= 15 is 0 Å². The van der Waals surface area contributed by atoms with Crippen molar-refractivity contribution in [1.82, 2.24) is 14.1 Å². The minimum Gasteiger partial charge on any atom is -0.364 e. The summed E-state index contributed by atoms with van der Waals surface area (Å²) >= 11 is 0. The molecular formula is C12H18F3N3O3S. The van der Waals surface area contributed by atoms with Gasteiger partial charge in [0.05, 0.1) is 11.8 Å². The molecular weight excluding hydrogens is 323 g/mol. The monoisotopic (exact) mass is 341 g/mol. The van der Waals surface area contributed by atoms with E-state index in [0.717, 1.165) is 4.31 Å². The number of hydrogen-bond donors (Lipinski definition) is 0. The number of sulfonamides is 1. The summed E-state index contributed by atoms with van der Waals surface area (Å²) in [6.07, 6.45) is -6.18. The maximum atomic E-state index is 12.8. The van der Waals surface area contributed by atoms with Gasteiger partial charge in [0, 0.05) is 26.3 Å². The molecule has 2 heterocycles. The fraction of sp³-hybridized carbons (Fsp3) is 0.750. The second kappa shape index (κ2) is 6.17. The molecule has 1 saturated heterocycles. The van der Waals surface area contributed by atoms with Gasteiger partial charge >= 0.3 is 6.18 Å². The van der Waals surface area contributed by atoms with Crippen molar-refractivity contribution in [2.45, 2.75) is 37.5 Å². The van der Waals surface area contributed by atoms with E-state index in [1.807, 2.05) is 0 Å². The zero-order chi connectivity index (χ0) is 16.5. The highest BCUT2D eigenvalue weighted by atomic mass is 32.2. The molecule has 2 atom stereocenters. The summed E-state index contributed by atoms with van der Waals surface area (Å²) in [6.45, 7) is 1.14. The zero-order valence-electron chi connectivity index (χ0n) is 12.2. The van der Waals surface area contributed by atoms with Crippen LogP contribution >= 0.6 is 0 Å². The molecule has 1 aliphatic heterocycles. The number of alkyl halides is 3. The van der Waals surface area contributed by atoms with E-state index in [1.165, 1.54) is 17.8 Å². The third-order valence-corrected chi connectivity index (χ3v) is 5.29. The van der Waals surface area contributed by atoms with Crippen molar-refractivity contribution in [2.75, 3.05) is 13.1 Å². The minimum atomic E-state index is -4.49. The van der Waals surface area contributed by atoms with Crippen LogP contribution < -0.4 is 0 Å². The summed E-state index contributed by atoms with van der Waals surface area (Å²) in [6, 6.07) is 1.56. The van der Waals surface area contributed by atoms with E-state index in [1.54, 1.807) is 13.1 Å². The van der Waals surface area contributed by atoms with Crippen molar-refractivity contribution in [2.24, 2.45) is 7.05 Å². The number of rotatable bonds is 3. The van der Waals surface area contributed by atoms with Gasteiger partial charge in [-0.25, -0.2) is 8.42 Å². The molecule has 1 aromatic heterocycles. The first-order chi connectivity index (χ1) is 10.1. The van der Waals surface area contributed by atoms with Crippen LogP contribution in [0, 0.1) is 0 Å². The van der Waals surface area contributed by atoms with Crippen LogP contribution in [0.1, 0.15) is 19.0 Å². The van der Waals surface area contributed by atoms with Gasteiger partial charge in [-0.3, -0.25) is 4.68 Å². The van der Waals surface area contributed by atoms with Crippen molar-refractivity contribution < 1.29 is 26.3 Å². The van der Waals surface area contributed by atoms with E-state index in [-0.39, 0.29) is 18.8 Å². The number of aryl methyl sites for hydroxylation is 1. The molecule has 22 heavy (non-hydrogen) atoms. The molecule has 0 spiro atoms. The number of ether oxygens (including phenoxy) is 1. The summed E-state index contributed by atoms with van der Waals surface area (Å²) in [5.41, 5.74) is 0.477. The fourth-order valence-electron chi connectivity index (χ4n) is 2.35. The molecule has 0 aliphatic carbocycles. The highest BCUT2D eigenvalue weighted by Gasteiger charge is 2.44. The summed E-state index contributed by atoms with van der Waals surface area (Å²) in [4.78, 5) is 0. The molecule has 0 bridgehead atoms. The lowest BCUT2D eigenvalue weighted by Crippen LogP contribution is -2.37. The topological polar surface area (TPSA) is 64.4 Å². The Kier molecular flexibility index (Phi) is 4.83. The minimum absolute atomic E-state index is 0.0905.